The highest BCUT2D eigenvalue weighted by molar-refractivity contribution is 5.75. The Labute approximate surface area is 119 Å². The van der Waals surface area contributed by atoms with Crippen LogP contribution in [0.5, 0.6) is 5.75 Å². The van der Waals surface area contributed by atoms with Gasteiger partial charge in [0.2, 0.25) is 0 Å². The first-order valence-electron chi connectivity index (χ1n) is 6.12. The van der Waals surface area contributed by atoms with E-state index in [2.05, 4.69) is 4.98 Å². The number of hydrogen-bond donors (Lipinski definition) is 0. The quantitative estimate of drug-likeness (QED) is 0.805. The maximum atomic E-state index is 12.9. The third-order valence-corrected chi connectivity index (χ3v) is 2.77. The summed E-state index contributed by atoms with van der Waals surface area (Å²) in [5.41, 5.74) is 0.258. The summed E-state index contributed by atoms with van der Waals surface area (Å²) in [4.78, 5) is 14.7. The number of carbonyl (C=O) groups is 1. The molecule has 0 saturated carbocycles. The van der Waals surface area contributed by atoms with Gasteiger partial charge in [-0.05, 0) is 37.3 Å². The lowest BCUT2D eigenvalue weighted by atomic mass is 10.1. The minimum Gasteiger partial charge on any atom is -0.487 e. The van der Waals surface area contributed by atoms with Gasteiger partial charge in [-0.1, -0.05) is 6.07 Å². The summed E-state index contributed by atoms with van der Waals surface area (Å²) in [7, 11) is 0. The Bertz CT molecular complexity index is 654. The van der Waals surface area contributed by atoms with Crippen molar-refractivity contribution < 1.29 is 22.7 Å². The molecule has 0 radical (unpaired) electrons. The van der Waals surface area contributed by atoms with Gasteiger partial charge in [0, 0.05) is 11.3 Å². The van der Waals surface area contributed by atoms with Gasteiger partial charge in [-0.3, -0.25) is 9.78 Å². The number of pyridine rings is 1. The molecule has 0 atom stereocenters. The number of ether oxygens (including phenoxy) is 1. The van der Waals surface area contributed by atoms with Gasteiger partial charge in [-0.2, -0.15) is 13.2 Å². The summed E-state index contributed by atoms with van der Waals surface area (Å²) in [5, 5.41) is 0. The van der Waals surface area contributed by atoms with Crippen molar-refractivity contribution in [2.75, 3.05) is 0 Å². The average molecular weight is 295 g/mol. The SMILES string of the molecule is Cc1cccc(COc2ccc(C=O)cc2C(F)(F)F)n1. The number of carbonyl (C=O) groups excluding carboxylic acids is 1. The topological polar surface area (TPSA) is 39.2 Å². The molecule has 6 heteroatoms. The summed E-state index contributed by atoms with van der Waals surface area (Å²) in [6.45, 7) is 1.70. The fourth-order valence-corrected chi connectivity index (χ4v) is 1.80. The van der Waals surface area contributed by atoms with E-state index < -0.39 is 11.7 Å². The first-order chi connectivity index (χ1) is 9.90. The lowest BCUT2D eigenvalue weighted by molar-refractivity contribution is -0.139. The molecular weight excluding hydrogens is 283 g/mol. The van der Waals surface area contributed by atoms with E-state index in [1.165, 1.54) is 6.07 Å². The van der Waals surface area contributed by atoms with Crippen molar-refractivity contribution in [3.63, 3.8) is 0 Å². The van der Waals surface area contributed by atoms with Crippen LogP contribution in [0.25, 0.3) is 0 Å². The van der Waals surface area contributed by atoms with Crippen LogP contribution in [-0.4, -0.2) is 11.3 Å². The van der Waals surface area contributed by atoms with Crippen molar-refractivity contribution in [2.45, 2.75) is 19.7 Å². The number of benzene rings is 1. The van der Waals surface area contributed by atoms with E-state index in [0.29, 0.717) is 12.0 Å². The molecule has 0 aliphatic rings. The Morgan fingerprint density at radius 2 is 2.00 bits per heavy atom. The largest absolute Gasteiger partial charge is 0.487 e. The normalized spacial score (nSPS) is 11.2. The van der Waals surface area contributed by atoms with E-state index in [4.69, 9.17) is 4.74 Å². The number of rotatable bonds is 4. The predicted molar refractivity (Wildman–Crippen MR) is 70.1 cm³/mol. The van der Waals surface area contributed by atoms with Crippen LogP contribution in [0.2, 0.25) is 0 Å². The van der Waals surface area contributed by atoms with E-state index in [9.17, 15) is 18.0 Å². The maximum absolute atomic E-state index is 12.9. The molecule has 3 nitrogen and oxygen atoms in total. The highest BCUT2D eigenvalue weighted by Crippen LogP contribution is 2.36. The van der Waals surface area contributed by atoms with E-state index >= 15 is 0 Å². The highest BCUT2D eigenvalue weighted by atomic mass is 19.4. The van der Waals surface area contributed by atoms with Gasteiger partial charge in [0.25, 0.3) is 0 Å². The van der Waals surface area contributed by atoms with Crippen molar-refractivity contribution in [3.05, 3.63) is 58.9 Å². The molecule has 21 heavy (non-hydrogen) atoms. The molecule has 0 saturated heterocycles. The second kappa shape index (κ2) is 5.95. The first kappa shape index (κ1) is 15.0. The zero-order chi connectivity index (χ0) is 15.5. The molecular formula is C15H12F3NO2. The third-order valence-electron chi connectivity index (χ3n) is 2.77. The lowest BCUT2D eigenvalue weighted by Gasteiger charge is -2.14. The lowest BCUT2D eigenvalue weighted by Crippen LogP contribution is -2.10. The second-order valence-electron chi connectivity index (χ2n) is 4.43. The van der Waals surface area contributed by atoms with Crippen LogP contribution in [0.15, 0.2) is 36.4 Å². The molecule has 0 bridgehead atoms. The summed E-state index contributed by atoms with van der Waals surface area (Å²) >= 11 is 0. The molecule has 0 unspecified atom stereocenters. The number of nitrogens with zero attached hydrogens (tertiary/aromatic N) is 1. The van der Waals surface area contributed by atoms with Gasteiger partial charge in [0.15, 0.2) is 0 Å². The molecule has 1 aromatic carbocycles. The van der Waals surface area contributed by atoms with Gasteiger partial charge in [0.1, 0.15) is 18.6 Å². The monoisotopic (exact) mass is 295 g/mol. The Balaban J connectivity index is 2.25. The Kier molecular flexibility index (Phi) is 4.26. The van der Waals surface area contributed by atoms with Gasteiger partial charge in [-0.15, -0.1) is 0 Å². The summed E-state index contributed by atoms with van der Waals surface area (Å²) in [5.74, 6) is -0.323. The van der Waals surface area contributed by atoms with Crippen molar-refractivity contribution in [2.24, 2.45) is 0 Å². The van der Waals surface area contributed by atoms with Gasteiger partial charge < -0.3 is 4.74 Å². The standard InChI is InChI=1S/C15H12F3NO2/c1-10-3-2-4-12(19-10)9-21-14-6-5-11(8-20)7-13(14)15(16,17)18/h2-8H,9H2,1H3. The average Bonchev–Trinajstić information content (AvgIpc) is 2.44. The number of hydrogen-bond acceptors (Lipinski definition) is 3. The van der Waals surface area contributed by atoms with Crippen LogP contribution in [-0.2, 0) is 12.8 Å². The van der Waals surface area contributed by atoms with Crippen LogP contribution in [0.1, 0.15) is 27.3 Å². The third kappa shape index (κ3) is 3.81. The molecule has 2 rings (SSSR count). The van der Waals surface area contributed by atoms with Crippen molar-refractivity contribution in [1.29, 1.82) is 0 Å². The van der Waals surface area contributed by atoms with Crippen LogP contribution >= 0.6 is 0 Å². The molecule has 0 aliphatic heterocycles. The van der Waals surface area contributed by atoms with Crippen molar-refractivity contribution in [3.8, 4) is 5.75 Å². The van der Waals surface area contributed by atoms with Gasteiger partial charge in [0.05, 0.1) is 11.3 Å². The van der Waals surface area contributed by atoms with E-state index in [1.54, 1.807) is 25.1 Å². The minimum absolute atomic E-state index is 0.0524. The fourth-order valence-electron chi connectivity index (χ4n) is 1.80. The molecule has 1 aromatic heterocycles. The van der Waals surface area contributed by atoms with Crippen molar-refractivity contribution in [1.82, 2.24) is 4.98 Å². The van der Waals surface area contributed by atoms with Gasteiger partial charge in [-0.25, -0.2) is 0 Å². The van der Waals surface area contributed by atoms with Crippen LogP contribution in [0.3, 0.4) is 0 Å². The smallest absolute Gasteiger partial charge is 0.419 e. The van der Waals surface area contributed by atoms with E-state index in [1.807, 2.05) is 0 Å². The highest BCUT2D eigenvalue weighted by Gasteiger charge is 2.34. The van der Waals surface area contributed by atoms with Crippen LogP contribution < -0.4 is 4.74 Å². The number of aldehydes is 1. The van der Waals surface area contributed by atoms with E-state index in [0.717, 1.165) is 17.8 Å². The zero-order valence-corrected chi connectivity index (χ0v) is 11.1. The van der Waals surface area contributed by atoms with Gasteiger partial charge >= 0.3 is 6.18 Å². The molecule has 1 heterocycles. The maximum Gasteiger partial charge on any atom is 0.419 e. The first-order valence-corrected chi connectivity index (χ1v) is 6.12. The second-order valence-corrected chi connectivity index (χ2v) is 4.43. The van der Waals surface area contributed by atoms with E-state index in [-0.39, 0.29) is 17.9 Å². The molecule has 0 aliphatic carbocycles. The summed E-state index contributed by atoms with van der Waals surface area (Å²) in [6, 6.07) is 8.39. The molecule has 0 fully saturated rings. The fraction of sp³-hybridized carbons (Fsp3) is 0.200. The predicted octanol–water partition coefficient (Wildman–Crippen LogP) is 3.80. The number of halogens is 3. The summed E-state index contributed by atoms with van der Waals surface area (Å²) in [6.07, 6.45) is -4.23. The number of alkyl halides is 3. The summed E-state index contributed by atoms with van der Waals surface area (Å²) < 4.78 is 44.0. The molecule has 2 aromatic rings. The Hall–Kier alpha value is -2.37. The van der Waals surface area contributed by atoms with Crippen LogP contribution in [0, 0.1) is 6.92 Å². The Morgan fingerprint density at radius 3 is 2.62 bits per heavy atom. The molecule has 0 amide bonds. The van der Waals surface area contributed by atoms with Crippen LogP contribution in [0.4, 0.5) is 13.2 Å². The minimum atomic E-state index is -4.59. The molecule has 0 spiro atoms. The Morgan fingerprint density at radius 1 is 1.24 bits per heavy atom. The molecule has 110 valence electrons. The molecule has 0 N–H and O–H groups in total. The number of aryl methyl sites for hydroxylation is 1. The number of aromatic nitrogens is 1. The van der Waals surface area contributed by atoms with Crippen molar-refractivity contribution >= 4 is 6.29 Å². The zero-order valence-electron chi connectivity index (χ0n) is 11.1.